The van der Waals surface area contributed by atoms with Gasteiger partial charge in [-0.3, -0.25) is 9.52 Å². The van der Waals surface area contributed by atoms with E-state index in [1.165, 1.54) is 12.1 Å². The van der Waals surface area contributed by atoms with Gasteiger partial charge in [-0.25, -0.2) is 12.8 Å². The van der Waals surface area contributed by atoms with Gasteiger partial charge in [-0.1, -0.05) is 24.3 Å². The van der Waals surface area contributed by atoms with Crippen molar-refractivity contribution < 1.29 is 27.1 Å². The van der Waals surface area contributed by atoms with E-state index in [4.69, 9.17) is 9.47 Å². The lowest BCUT2D eigenvalue weighted by Crippen LogP contribution is -2.29. The minimum absolute atomic E-state index is 0.0438. The normalized spacial score (nSPS) is 10.9. The molecule has 3 rings (SSSR count). The molecule has 2 N–H and O–H groups in total. The van der Waals surface area contributed by atoms with Crippen molar-refractivity contribution in [3.63, 3.8) is 0 Å². The summed E-state index contributed by atoms with van der Waals surface area (Å²) in [5.74, 6) is 0.517. The van der Waals surface area contributed by atoms with Gasteiger partial charge in [-0.05, 0) is 54.1 Å². The molecule has 32 heavy (non-hydrogen) atoms. The Morgan fingerprint density at radius 3 is 2.25 bits per heavy atom. The fourth-order valence-electron chi connectivity index (χ4n) is 2.86. The minimum atomic E-state index is -3.83. The largest absolute Gasteiger partial charge is 0.493 e. The van der Waals surface area contributed by atoms with Crippen LogP contribution in [0.2, 0.25) is 0 Å². The van der Waals surface area contributed by atoms with Gasteiger partial charge in [0.15, 0.2) is 11.5 Å². The summed E-state index contributed by atoms with van der Waals surface area (Å²) in [6.45, 7) is 0.614. The van der Waals surface area contributed by atoms with Gasteiger partial charge < -0.3 is 14.8 Å². The number of hydrogen-bond acceptors (Lipinski definition) is 5. The van der Waals surface area contributed by atoms with E-state index in [1.54, 1.807) is 43.5 Å². The number of sulfonamides is 1. The molecule has 7 nitrogen and oxygen atoms in total. The topological polar surface area (TPSA) is 93.7 Å². The van der Waals surface area contributed by atoms with E-state index in [0.29, 0.717) is 23.7 Å². The van der Waals surface area contributed by atoms with E-state index < -0.39 is 15.8 Å². The first kappa shape index (κ1) is 23.1. The molecule has 0 atom stereocenters. The van der Waals surface area contributed by atoms with Crippen LogP contribution in [0.15, 0.2) is 77.7 Å². The Hall–Kier alpha value is -3.59. The predicted octanol–water partition coefficient (Wildman–Crippen LogP) is 3.37. The summed E-state index contributed by atoms with van der Waals surface area (Å²) in [5, 5.41) is 2.77. The predicted molar refractivity (Wildman–Crippen MR) is 119 cm³/mol. The van der Waals surface area contributed by atoms with Crippen molar-refractivity contribution in [1.29, 1.82) is 0 Å². The number of para-hydroxylation sites is 2. The van der Waals surface area contributed by atoms with Crippen LogP contribution in [0.4, 0.5) is 10.1 Å². The molecule has 0 saturated carbocycles. The molecule has 0 aromatic heterocycles. The number of rotatable bonds is 10. The number of carbonyl (C=O) groups excluding carboxylic acids is 1. The number of methoxy groups -OCH3 is 1. The highest BCUT2D eigenvalue weighted by molar-refractivity contribution is 7.92. The van der Waals surface area contributed by atoms with E-state index in [1.807, 2.05) is 12.1 Å². The van der Waals surface area contributed by atoms with Gasteiger partial charge in [-0.2, -0.15) is 0 Å². The lowest BCUT2D eigenvalue weighted by molar-refractivity contribution is -0.120. The lowest BCUT2D eigenvalue weighted by Gasteiger charge is -2.11. The van der Waals surface area contributed by atoms with Crippen molar-refractivity contribution in [3.05, 3.63) is 84.2 Å². The number of amides is 1. The lowest BCUT2D eigenvalue weighted by atomic mass is 10.1. The molecule has 168 valence electrons. The van der Waals surface area contributed by atoms with Crippen LogP contribution in [0.3, 0.4) is 0 Å². The summed E-state index contributed by atoms with van der Waals surface area (Å²) in [4.78, 5) is 12.1. The van der Waals surface area contributed by atoms with Gasteiger partial charge in [0.25, 0.3) is 10.0 Å². The molecule has 0 saturated heterocycles. The SMILES string of the molecule is COc1ccccc1OCCNC(=O)Cc1ccc(NS(=O)(=O)c2ccc(F)cc2)cc1. The highest BCUT2D eigenvalue weighted by Gasteiger charge is 2.14. The van der Waals surface area contributed by atoms with Gasteiger partial charge in [0, 0.05) is 5.69 Å². The summed E-state index contributed by atoms with van der Waals surface area (Å²) in [5.41, 5.74) is 1.06. The second-order valence-corrected chi connectivity index (χ2v) is 8.46. The molecule has 0 heterocycles. The standard InChI is InChI=1S/C23H23FN2O5S/c1-30-21-4-2-3-5-22(21)31-15-14-25-23(27)16-17-6-10-19(11-7-17)26-32(28,29)20-12-8-18(24)9-13-20/h2-13,26H,14-16H2,1H3,(H,25,27). The summed E-state index contributed by atoms with van der Waals surface area (Å²) in [6.07, 6.45) is 0.139. The Morgan fingerprint density at radius 1 is 0.938 bits per heavy atom. The number of carbonyl (C=O) groups is 1. The van der Waals surface area contributed by atoms with Crippen LogP contribution in [0.5, 0.6) is 11.5 Å². The fraction of sp³-hybridized carbons (Fsp3) is 0.174. The van der Waals surface area contributed by atoms with Crippen molar-refractivity contribution in [2.45, 2.75) is 11.3 Å². The molecule has 3 aromatic rings. The minimum Gasteiger partial charge on any atom is -0.493 e. The number of hydrogen-bond donors (Lipinski definition) is 2. The molecule has 0 radical (unpaired) electrons. The van der Waals surface area contributed by atoms with E-state index in [-0.39, 0.29) is 23.8 Å². The first-order valence-corrected chi connectivity index (χ1v) is 11.3. The molecular weight excluding hydrogens is 435 g/mol. The molecule has 0 aliphatic carbocycles. The Balaban J connectivity index is 1.46. The Bertz CT molecular complexity index is 1150. The molecule has 0 spiro atoms. The fourth-order valence-corrected chi connectivity index (χ4v) is 3.91. The van der Waals surface area contributed by atoms with Crippen molar-refractivity contribution in [3.8, 4) is 11.5 Å². The van der Waals surface area contributed by atoms with E-state index in [0.717, 1.165) is 17.7 Å². The number of nitrogens with one attached hydrogen (secondary N) is 2. The maximum atomic E-state index is 13.0. The molecular formula is C23H23FN2O5S. The maximum absolute atomic E-state index is 13.0. The van der Waals surface area contributed by atoms with Crippen molar-refractivity contribution in [2.24, 2.45) is 0 Å². The Morgan fingerprint density at radius 2 is 1.59 bits per heavy atom. The summed E-state index contributed by atoms with van der Waals surface area (Å²) in [7, 11) is -2.27. The Labute approximate surface area is 186 Å². The van der Waals surface area contributed by atoms with Crippen molar-refractivity contribution >= 4 is 21.6 Å². The number of ether oxygens (including phenoxy) is 2. The smallest absolute Gasteiger partial charge is 0.261 e. The zero-order chi connectivity index (χ0) is 23.0. The Kier molecular flexibility index (Phi) is 7.67. The van der Waals surface area contributed by atoms with E-state index in [9.17, 15) is 17.6 Å². The molecule has 0 aliphatic heterocycles. The third-order valence-electron chi connectivity index (χ3n) is 4.45. The molecule has 0 aliphatic rings. The van der Waals surface area contributed by atoms with Gasteiger partial charge in [-0.15, -0.1) is 0 Å². The summed E-state index contributed by atoms with van der Waals surface area (Å²) in [6, 6.07) is 18.2. The van der Waals surface area contributed by atoms with Crippen molar-refractivity contribution in [2.75, 3.05) is 25.0 Å². The van der Waals surface area contributed by atoms with Crippen LogP contribution in [-0.2, 0) is 21.2 Å². The average Bonchev–Trinajstić information content (AvgIpc) is 2.78. The van der Waals surface area contributed by atoms with Gasteiger partial charge in [0.05, 0.1) is 25.0 Å². The molecule has 0 bridgehead atoms. The van der Waals surface area contributed by atoms with Gasteiger partial charge in [0.2, 0.25) is 5.91 Å². The van der Waals surface area contributed by atoms with Crippen LogP contribution in [0.1, 0.15) is 5.56 Å². The highest BCUT2D eigenvalue weighted by atomic mass is 32.2. The molecule has 0 unspecified atom stereocenters. The van der Waals surface area contributed by atoms with Crippen LogP contribution in [-0.4, -0.2) is 34.6 Å². The van der Waals surface area contributed by atoms with E-state index in [2.05, 4.69) is 10.0 Å². The summed E-state index contributed by atoms with van der Waals surface area (Å²) >= 11 is 0. The zero-order valence-electron chi connectivity index (χ0n) is 17.4. The van der Waals surface area contributed by atoms with Crippen LogP contribution < -0.4 is 19.5 Å². The highest BCUT2D eigenvalue weighted by Crippen LogP contribution is 2.25. The quantitative estimate of drug-likeness (QED) is 0.455. The van der Waals surface area contributed by atoms with Gasteiger partial charge >= 0.3 is 0 Å². The van der Waals surface area contributed by atoms with Crippen LogP contribution in [0.25, 0.3) is 0 Å². The average molecular weight is 459 g/mol. The second-order valence-electron chi connectivity index (χ2n) is 6.78. The number of benzene rings is 3. The third-order valence-corrected chi connectivity index (χ3v) is 5.84. The van der Waals surface area contributed by atoms with Crippen molar-refractivity contribution in [1.82, 2.24) is 5.32 Å². The molecule has 3 aromatic carbocycles. The molecule has 9 heteroatoms. The molecule has 0 fully saturated rings. The van der Waals surface area contributed by atoms with Crippen LogP contribution in [0, 0.1) is 5.82 Å². The monoisotopic (exact) mass is 458 g/mol. The number of anilines is 1. The number of halogens is 1. The van der Waals surface area contributed by atoms with Gasteiger partial charge in [0.1, 0.15) is 12.4 Å². The second kappa shape index (κ2) is 10.6. The van der Waals surface area contributed by atoms with E-state index >= 15 is 0 Å². The zero-order valence-corrected chi connectivity index (χ0v) is 18.2. The first-order valence-electron chi connectivity index (χ1n) is 9.77. The molecule has 1 amide bonds. The first-order chi connectivity index (χ1) is 15.4. The van der Waals surface area contributed by atoms with Crippen LogP contribution >= 0.6 is 0 Å². The third kappa shape index (κ3) is 6.45. The maximum Gasteiger partial charge on any atom is 0.261 e. The summed E-state index contributed by atoms with van der Waals surface area (Å²) < 4.78 is 50.9.